The van der Waals surface area contributed by atoms with Gasteiger partial charge in [0.25, 0.3) is 11.8 Å². The van der Waals surface area contributed by atoms with Crippen molar-refractivity contribution < 1.29 is 32.8 Å². The number of nitrogens with one attached hydrogen (secondary N) is 3. The number of halogens is 2. The lowest BCUT2D eigenvalue weighted by Gasteiger charge is -2.61. The van der Waals surface area contributed by atoms with E-state index < -0.39 is 47.0 Å². The summed E-state index contributed by atoms with van der Waals surface area (Å²) in [7, 11) is 0. The molecule has 16 nitrogen and oxygen atoms in total. The molecule has 2 atom stereocenters. The van der Waals surface area contributed by atoms with E-state index in [2.05, 4.69) is 35.7 Å². The number of amides is 5. The summed E-state index contributed by atoms with van der Waals surface area (Å²) in [6, 6.07) is 14.0. The standard InChI is InChI=1S/C48H49F2N11O5S/c49-35-19-29(18-32-33(35)21-61(45(32)66)42(44(65)56-46-52-13-17-67-46)41-38-2-1-14-58(38)27-53-41)28-3-6-31(7-4-28)59-23-47(24-59)25-60(26-47)40(63)22-57-15-11-48(51,12-16-57)34-8-5-30(20-36(34)50)54-37-9-10-39(62)55-43(37)64/h3-8,13,17-20,27,37,42,54H,1-2,9-12,14-16,21-26,51H2,(H,52,56,65)(H,55,62,64). The number of benzene rings is 3. The van der Waals surface area contributed by atoms with Gasteiger partial charge in [0.1, 0.15) is 17.7 Å². The number of nitrogens with zero attached hydrogens (tertiary/aromatic N) is 7. The van der Waals surface area contributed by atoms with Gasteiger partial charge in [0, 0.05) is 109 Å². The number of carbonyl (C=O) groups excluding carboxylic acids is 5. The second-order valence-electron chi connectivity index (χ2n) is 18.9. The first-order chi connectivity index (χ1) is 32.3. The van der Waals surface area contributed by atoms with E-state index in [1.165, 1.54) is 28.4 Å². The van der Waals surface area contributed by atoms with Gasteiger partial charge in [-0.2, -0.15) is 0 Å². The number of rotatable bonds is 11. The molecule has 6 aliphatic rings. The maximum absolute atomic E-state index is 15.9. The van der Waals surface area contributed by atoms with E-state index in [4.69, 9.17) is 5.73 Å². The monoisotopic (exact) mass is 929 g/mol. The Labute approximate surface area is 388 Å². The number of imidazole rings is 1. The third kappa shape index (κ3) is 7.91. The van der Waals surface area contributed by atoms with Crippen molar-refractivity contribution in [1.82, 2.24) is 34.6 Å². The fourth-order valence-corrected chi connectivity index (χ4v) is 11.4. The summed E-state index contributed by atoms with van der Waals surface area (Å²) in [5, 5.41) is 10.3. The Morgan fingerprint density at radius 2 is 1.72 bits per heavy atom. The van der Waals surface area contributed by atoms with Crippen molar-refractivity contribution in [3.63, 3.8) is 0 Å². The maximum Gasteiger partial charge on any atom is 0.255 e. The van der Waals surface area contributed by atoms with Crippen molar-refractivity contribution in [3.8, 4) is 11.1 Å². The Balaban J connectivity index is 0.672. The molecular weight excluding hydrogens is 881 g/mol. The van der Waals surface area contributed by atoms with Crippen LogP contribution in [0.2, 0.25) is 0 Å². The van der Waals surface area contributed by atoms with Crippen LogP contribution < -0.4 is 26.6 Å². The van der Waals surface area contributed by atoms with E-state index in [1.54, 1.807) is 36.1 Å². The van der Waals surface area contributed by atoms with Crippen LogP contribution in [0.4, 0.5) is 25.3 Å². The quantitative estimate of drug-likeness (QED) is 0.138. The zero-order chi connectivity index (χ0) is 46.2. The molecule has 0 aliphatic carbocycles. The van der Waals surface area contributed by atoms with Crippen molar-refractivity contribution >= 4 is 57.4 Å². The smallest absolute Gasteiger partial charge is 0.255 e. The number of hydrogen-bond acceptors (Lipinski definition) is 12. The molecule has 11 rings (SSSR count). The first-order valence-electron chi connectivity index (χ1n) is 22.7. The number of aryl methyl sites for hydroxylation is 1. The highest BCUT2D eigenvalue weighted by molar-refractivity contribution is 7.13. The minimum Gasteiger partial charge on any atom is -0.374 e. The van der Waals surface area contributed by atoms with Crippen molar-refractivity contribution in [2.24, 2.45) is 11.1 Å². The molecular formula is C48H49F2N11O5S. The van der Waals surface area contributed by atoms with E-state index in [0.717, 1.165) is 49.4 Å². The van der Waals surface area contributed by atoms with Gasteiger partial charge < -0.3 is 30.3 Å². The lowest BCUT2D eigenvalue weighted by Crippen LogP contribution is -2.73. The normalized spacial score (nSPS) is 21.1. The first kappa shape index (κ1) is 43.0. The molecule has 1 spiro atoms. The van der Waals surface area contributed by atoms with E-state index in [0.29, 0.717) is 73.1 Å². The molecule has 2 unspecified atom stereocenters. The second-order valence-corrected chi connectivity index (χ2v) is 19.8. The van der Waals surface area contributed by atoms with Gasteiger partial charge in [0.05, 0.1) is 25.1 Å². The minimum absolute atomic E-state index is 0.0282. The van der Waals surface area contributed by atoms with E-state index >= 15 is 8.78 Å². The number of nitrogens with two attached hydrogens (primary N) is 1. The van der Waals surface area contributed by atoms with E-state index in [-0.39, 0.29) is 47.9 Å². The summed E-state index contributed by atoms with van der Waals surface area (Å²) in [6.07, 6.45) is 6.45. The molecule has 3 aromatic carbocycles. The van der Waals surface area contributed by atoms with Crippen molar-refractivity contribution in [2.45, 2.75) is 69.2 Å². The van der Waals surface area contributed by atoms with Gasteiger partial charge in [-0.3, -0.25) is 39.5 Å². The van der Waals surface area contributed by atoms with E-state index in [1.807, 2.05) is 33.7 Å². The lowest BCUT2D eigenvalue weighted by atomic mass is 9.72. The van der Waals surface area contributed by atoms with Crippen LogP contribution in [0.5, 0.6) is 0 Å². The van der Waals surface area contributed by atoms with Crippen molar-refractivity contribution in [2.75, 3.05) is 61.3 Å². The van der Waals surface area contributed by atoms with Crippen LogP contribution in [0, 0.1) is 17.0 Å². The van der Waals surface area contributed by atoms with Crippen LogP contribution in [-0.2, 0) is 44.2 Å². The van der Waals surface area contributed by atoms with Crippen molar-refractivity contribution in [1.29, 1.82) is 0 Å². The molecule has 0 saturated carbocycles. The summed E-state index contributed by atoms with van der Waals surface area (Å²) >= 11 is 1.27. The summed E-state index contributed by atoms with van der Waals surface area (Å²) in [5.41, 5.74) is 11.0. The number of fused-ring (bicyclic) bond motifs is 2. The molecule has 0 bridgehead atoms. The number of piperidine rings is 2. The molecule has 5 N–H and O–H groups in total. The Hall–Kier alpha value is -6.57. The van der Waals surface area contributed by atoms with Gasteiger partial charge in [-0.05, 0) is 79.6 Å². The molecule has 5 aromatic rings. The molecule has 5 amide bonds. The fourth-order valence-electron chi connectivity index (χ4n) is 10.8. The predicted octanol–water partition coefficient (Wildman–Crippen LogP) is 4.38. The molecule has 4 fully saturated rings. The Bertz CT molecular complexity index is 2810. The predicted molar refractivity (Wildman–Crippen MR) is 245 cm³/mol. The Kier molecular flexibility index (Phi) is 10.7. The number of anilines is 3. The van der Waals surface area contributed by atoms with Gasteiger partial charge in [-0.15, -0.1) is 11.3 Å². The largest absolute Gasteiger partial charge is 0.374 e. The highest BCUT2D eigenvalue weighted by Crippen LogP contribution is 2.43. The lowest BCUT2D eigenvalue weighted by molar-refractivity contribution is -0.146. The van der Waals surface area contributed by atoms with E-state index in [9.17, 15) is 24.0 Å². The number of thiazole rings is 1. The van der Waals surface area contributed by atoms with Gasteiger partial charge in [-0.25, -0.2) is 18.7 Å². The minimum atomic E-state index is -1.06. The molecule has 8 heterocycles. The zero-order valence-electron chi connectivity index (χ0n) is 36.6. The van der Waals surface area contributed by atoms with Gasteiger partial charge in [-0.1, -0.05) is 18.2 Å². The van der Waals surface area contributed by atoms with Crippen LogP contribution in [0.15, 0.2) is 72.5 Å². The topological polar surface area (TPSA) is 191 Å². The highest BCUT2D eigenvalue weighted by atomic mass is 32.1. The number of imide groups is 1. The second kappa shape index (κ2) is 16.6. The summed E-state index contributed by atoms with van der Waals surface area (Å²) in [5.74, 6) is -2.53. The SMILES string of the molecule is NC1(c2ccc(NC3CCC(=O)NC3=O)cc2F)CCN(CC(=O)N2CC3(C2)CN(c2ccc(-c4cc(F)c5c(c4)C(=O)N(C(C(=O)Nc4nccs4)c4ncn6c4CCC6)C5)cc2)C3)CC1. The third-order valence-corrected chi connectivity index (χ3v) is 15.2. The zero-order valence-corrected chi connectivity index (χ0v) is 37.4. The van der Waals surface area contributed by atoms with Crippen LogP contribution in [0.25, 0.3) is 11.1 Å². The molecule has 4 saturated heterocycles. The first-order valence-corrected chi connectivity index (χ1v) is 23.6. The summed E-state index contributed by atoms with van der Waals surface area (Å²) in [4.78, 5) is 81.4. The maximum atomic E-state index is 15.9. The molecule has 67 heavy (non-hydrogen) atoms. The summed E-state index contributed by atoms with van der Waals surface area (Å²) < 4.78 is 33.4. The number of hydrogen-bond donors (Lipinski definition) is 4. The van der Waals surface area contributed by atoms with Crippen LogP contribution in [0.1, 0.15) is 71.0 Å². The number of likely N-dealkylation sites (tertiary alicyclic amines) is 2. The Morgan fingerprint density at radius 3 is 2.45 bits per heavy atom. The molecule has 2 aromatic heterocycles. The highest BCUT2D eigenvalue weighted by Gasteiger charge is 2.53. The molecule has 19 heteroatoms. The van der Waals surface area contributed by atoms with Crippen LogP contribution >= 0.6 is 11.3 Å². The van der Waals surface area contributed by atoms with Gasteiger partial charge in [0.15, 0.2) is 11.2 Å². The van der Waals surface area contributed by atoms with Gasteiger partial charge in [0.2, 0.25) is 17.7 Å². The van der Waals surface area contributed by atoms with Crippen LogP contribution in [0.3, 0.4) is 0 Å². The van der Waals surface area contributed by atoms with Crippen LogP contribution in [-0.4, -0.2) is 111 Å². The number of aromatic nitrogens is 3. The molecule has 346 valence electrons. The average molecular weight is 930 g/mol. The fraction of sp³-hybridized carbons (Fsp3) is 0.396. The average Bonchev–Trinajstić information content (AvgIpc) is 4.10. The third-order valence-electron chi connectivity index (χ3n) is 14.5. The molecule has 6 aliphatic heterocycles. The van der Waals surface area contributed by atoms with Gasteiger partial charge >= 0.3 is 0 Å². The number of carbonyl (C=O) groups is 5. The summed E-state index contributed by atoms with van der Waals surface area (Å²) in [6.45, 7) is 5.05. The Morgan fingerprint density at radius 1 is 0.925 bits per heavy atom. The van der Waals surface area contributed by atoms with Crippen molar-refractivity contribution in [3.05, 3.63) is 112 Å². The molecule has 0 radical (unpaired) electrons.